The molecule has 0 fully saturated rings. The highest BCUT2D eigenvalue weighted by Gasteiger charge is 2.37. The second kappa shape index (κ2) is 5.54. The van der Waals surface area contributed by atoms with Crippen molar-refractivity contribution < 1.29 is 15.0 Å². The van der Waals surface area contributed by atoms with Gasteiger partial charge in [0.05, 0.1) is 24.7 Å². The topological polar surface area (TPSA) is 69.6 Å². The predicted octanol–water partition coefficient (Wildman–Crippen LogP) is 1.34. The van der Waals surface area contributed by atoms with Gasteiger partial charge in [-0.25, -0.2) is 0 Å². The molecule has 2 rings (SSSR count). The molecule has 0 aliphatic heterocycles. The van der Waals surface area contributed by atoms with Gasteiger partial charge in [-0.05, 0) is 37.3 Å². The molecular weight excluding hydrogens is 254 g/mol. The summed E-state index contributed by atoms with van der Waals surface area (Å²) in [7, 11) is 0. The Balaban J connectivity index is 2.23. The summed E-state index contributed by atoms with van der Waals surface area (Å²) in [4.78, 5) is 12.3. The number of carbonyl (C=O) groups excluding carboxylic acids is 1. The van der Waals surface area contributed by atoms with Crippen LogP contribution < -0.4 is 5.32 Å². The van der Waals surface area contributed by atoms with E-state index in [1.165, 1.54) is 11.1 Å². The van der Waals surface area contributed by atoms with E-state index in [9.17, 15) is 15.0 Å². The summed E-state index contributed by atoms with van der Waals surface area (Å²) < 4.78 is 0. The lowest BCUT2D eigenvalue weighted by molar-refractivity contribution is -0.136. The third kappa shape index (κ3) is 2.58. The van der Waals surface area contributed by atoms with Crippen LogP contribution in [0.25, 0.3) is 0 Å². The molecule has 1 aromatic rings. The van der Waals surface area contributed by atoms with E-state index in [0.29, 0.717) is 5.92 Å². The largest absolute Gasteiger partial charge is 0.395 e. The number of fused-ring (bicyclic) bond motifs is 1. The molecule has 0 heterocycles. The summed E-state index contributed by atoms with van der Waals surface area (Å²) >= 11 is 0. The number of aryl methyl sites for hydroxylation is 1. The van der Waals surface area contributed by atoms with Crippen molar-refractivity contribution in [3.63, 3.8) is 0 Å². The molecule has 1 aliphatic carbocycles. The van der Waals surface area contributed by atoms with Gasteiger partial charge in [0.1, 0.15) is 0 Å². The van der Waals surface area contributed by atoms with Crippen LogP contribution >= 0.6 is 0 Å². The number of amides is 1. The summed E-state index contributed by atoms with van der Waals surface area (Å²) in [5.41, 5.74) is 2.46. The van der Waals surface area contributed by atoms with Crippen molar-refractivity contribution in [3.05, 3.63) is 34.9 Å². The first-order valence-electron chi connectivity index (χ1n) is 7.03. The summed E-state index contributed by atoms with van der Waals surface area (Å²) in [6.45, 7) is 4.98. The van der Waals surface area contributed by atoms with Gasteiger partial charge in [-0.1, -0.05) is 30.7 Å². The van der Waals surface area contributed by atoms with Gasteiger partial charge in [0.15, 0.2) is 0 Å². The van der Waals surface area contributed by atoms with Gasteiger partial charge in [-0.2, -0.15) is 0 Å². The SMILES string of the molecule is Cc1ccc2c(c1)C(NC(=O)C(C)(CO)CO)C(C)C2. The fourth-order valence-electron chi connectivity index (χ4n) is 2.69. The van der Waals surface area contributed by atoms with Crippen molar-refractivity contribution in [1.82, 2.24) is 5.32 Å². The zero-order chi connectivity index (χ0) is 14.9. The first-order valence-corrected chi connectivity index (χ1v) is 7.03. The summed E-state index contributed by atoms with van der Waals surface area (Å²) in [6, 6.07) is 6.26. The molecule has 4 heteroatoms. The molecule has 110 valence electrons. The Bertz CT molecular complexity index is 508. The smallest absolute Gasteiger partial charge is 0.231 e. The maximum absolute atomic E-state index is 12.3. The molecule has 1 amide bonds. The summed E-state index contributed by atoms with van der Waals surface area (Å²) in [5.74, 6) is 0.0195. The number of rotatable bonds is 4. The van der Waals surface area contributed by atoms with Crippen LogP contribution in [0.2, 0.25) is 0 Å². The van der Waals surface area contributed by atoms with Gasteiger partial charge in [-0.15, -0.1) is 0 Å². The van der Waals surface area contributed by atoms with E-state index in [-0.39, 0.29) is 25.2 Å². The van der Waals surface area contributed by atoms with E-state index in [1.54, 1.807) is 6.92 Å². The Kier molecular flexibility index (Phi) is 4.16. The molecule has 2 unspecified atom stereocenters. The fourth-order valence-corrected chi connectivity index (χ4v) is 2.69. The maximum Gasteiger partial charge on any atom is 0.231 e. The first-order chi connectivity index (χ1) is 9.41. The van der Waals surface area contributed by atoms with E-state index < -0.39 is 5.41 Å². The number of benzene rings is 1. The first kappa shape index (κ1) is 15.0. The van der Waals surface area contributed by atoms with Crippen LogP contribution in [-0.4, -0.2) is 29.3 Å². The summed E-state index contributed by atoms with van der Waals surface area (Å²) in [6.07, 6.45) is 0.940. The average Bonchev–Trinajstić information content (AvgIpc) is 2.74. The van der Waals surface area contributed by atoms with Gasteiger partial charge in [0, 0.05) is 0 Å². The number of hydrogen-bond acceptors (Lipinski definition) is 3. The number of aliphatic hydroxyl groups excluding tert-OH is 2. The lowest BCUT2D eigenvalue weighted by Gasteiger charge is -2.28. The quantitative estimate of drug-likeness (QED) is 0.778. The second-order valence-electron chi connectivity index (χ2n) is 6.21. The van der Waals surface area contributed by atoms with Crippen molar-refractivity contribution in [2.45, 2.75) is 33.2 Å². The second-order valence-corrected chi connectivity index (χ2v) is 6.21. The minimum absolute atomic E-state index is 0.0465. The van der Waals surface area contributed by atoms with E-state index >= 15 is 0 Å². The van der Waals surface area contributed by atoms with Crippen LogP contribution in [0, 0.1) is 18.3 Å². The number of nitrogens with one attached hydrogen (secondary N) is 1. The van der Waals surface area contributed by atoms with Crippen LogP contribution in [-0.2, 0) is 11.2 Å². The molecule has 4 nitrogen and oxygen atoms in total. The van der Waals surface area contributed by atoms with Crippen molar-refractivity contribution in [2.24, 2.45) is 11.3 Å². The van der Waals surface area contributed by atoms with Crippen molar-refractivity contribution in [2.75, 3.05) is 13.2 Å². The van der Waals surface area contributed by atoms with Gasteiger partial charge in [0.25, 0.3) is 0 Å². The lowest BCUT2D eigenvalue weighted by Crippen LogP contribution is -2.46. The van der Waals surface area contributed by atoms with Crippen molar-refractivity contribution in [3.8, 4) is 0 Å². The fraction of sp³-hybridized carbons (Fsp3) is 0.562. The minimum Gasteiger partial charge on any atom is -0.395 e. The Morgan fingerprint density at radius 1 is 1.40 bits per heavy atom. The zero-order valence-electron chi connectivity index (χ0n) is 12.3. The Morgan fingerprint density at radius 3 is 2.65 bits per heavy atom. The number of carbonyl (C=O) groups is 1. The Morgan fingerprint density at radius 2 is 2.05 bits per heavy atom. The molecule has 0 aromatic heterocycles. The van der Waals surface area contributed by atoms with Crippen LogP contribution in [0.15, 0.2) is 18.2 Å². The third-order valence-corrected chi connectivity index (χ3v) is 4.28. The zero-order valence-corrected chi connectivity index (χ0v) is 12.3. The normalized spacial score (nSPS) is 21.6. The van der Waals surface area contributed by atoms with E-state index in [2.05, 4.69) is 30.4 Å². The van der Waals surface area contributed by atoms with Gasteiger partial charge < -0.3 is 15.5 Å². The third-order valence-electron chi connectivity index (χ3n) is 4.28. The van der Waals surface area contributed by atoms with Gasteiger partial charge in [0.2, 0.25) is 5.91 Å². The van der Waals surface area contributed by atoms with Crippen LogP contribution in [0.5, 0.6) is 0 Å². The Hall–Kier alpha value is -1.39. The highest BCUT2D eigenvalue weighted by Crippen LogP contribution is 2.37. The van der Waals surface area contributed by atoms with Crippen molar-refractivity contribution in [1.29, 1.82) is 0 Å². The Labute approximate surface area is 119 Å². The number of aliphatic hydroxyl groups is 2. The molecule has 2 atom stereocenters. The van der Waals surface area contributed by atoms with Gasteiger partial charge in [-0.3, -0.25) is 4.79 Å². The molecule has 3 N–H and O–H groups in total. The molecule has 0 bridgehead atoms. The maximum atomic E-state index is 12.3. The minimum atomic E-state index is -1.13. The molecule has 0 spiro atoms. The molecule has 20 heavy (non-hydrogen) atoms. The lowest BCUT2D eigenvalue weighted by atomic mass is 9.90. The van der Waals surface area contributed by atoms with E-state index in [1.807, 2.05) is 6.92 Å². The van der Waals surface area contributed by atoms with Crippen LogP contribution in [0.4, 0.5) is 0 Å². The highest BCUT2D eigenvalue weighted by atomic mass is 16.3. The monoisotopic (exact) mass is 277 g/mol. The predicted molar refractivity (Wildman–Crippen MR) is 77.2 cm³/mol. The van der Waals surface area contributed by atoms with Crippen LogP contribution in [0.1, 0.15) is 36.6 Å². The highest BCUT2D eigenvalue weighted by molar-refractivity contribution is 5.83. The van der Waals surface area contributed by atoms with Gasteiger partial charge >= 0.3 is 0 Å². The van der Waals surface area contributed by atoms with Crippen LogP contribution in [0.3, 0.4) is 0 Å². The molecule has 0 saturated heterocycles. The molecule has 1 aromatic carbocycles. The number of hydrogen-bond donors (Lipinski definition) is 3. The van der Waals surface area contributed by atoms with E-state index in [0.717, 1.165) is 12.0 Å². The molecule has 0 saturated carbocycles. The standard InChI is InChI=1S/C16H23NO3/c1-10-4-5-12-7-11(2)14(13(12)6-10)17-15(20)16(3,8-18)9-19/h4-6,11,14,18-19H,7-9H2,1-3H3,(H,17,20). The average molecular weight is 277 g/mol. The van der Waals surface area contributed by atoms with Crippen molar-refractivity contribution >= 4 is 5.91 Å². The molecule has 0 radical (unpaired) electrons. The van der Waals surface area contributed by atoms with E-state index in [4.69, 9.17) is 0 Å². The molecule has 1 aliphatic rings. The molecular formula is C16H23NO3. The summed E-state index contributed by atoms with van der Waals surface area (Å²) in [5, 5.41) is 21.6.